The Morgan fingerprint density at radius 3 is 2.39 bits per heavy atom. The maximum absolute atomic E-state index is 12.0. The molecule has 144 valence electrons. The predicted octanol–water partition coefficient (Wildman–Crippen LogP) is 2.50. The third kappa shape index (κ3) is 4.85. The second kappa shape index (κ2) is 8.99. The number of carbonyl (C=O) groups is 3. The Balaban J connectivity index is 1.51. The highest BCUT2D eigenvalue weighted by Crippen LogP contribution is 2.21. The van der Waals surface area contributed by atoms with Crippen LogP contribution in [0.15, 0.2) is 54.6 Å². The van der Waals surface area contributed by atoms with Gasteiger partial charge in [0.25, 0.3) is 5.91 Å². The molecule has 0 radical (unpaired) electrons. The quantitative estimate of drug-likeness (QED) is 0.759. The Morgan fingerprint density at radius 1 is 1.07 bits per heavy atom. The van der Waals surface area contributed by atoms with Gasteiger partial charge in [0.15, 0.2) is 0 Å². The Morgan fingerprint density at radius 2 is 1.79 bits per heavy atom. The maximum Gasteiger partial charge on any atom is 0.251 e. The Hall–Kier alpha value is -3.41. The van der Waals surface area contributed by atoms with Gasteiger partial charge in [-0.1, -0.05) is 24.3 Å². The van der Waals surface area contributed by atoms with Crippen molar-refractivity contribution in [3.05, 3.63) is 71.3 Å². The van der Waals surface area contributed by atoms with Crippen molar-refractivity contribution in [2.45, 2.75) is 19.4 Å². The maximum atomic E-state index is 12.0. The first-order valence-corrected chi connectivity index (χ1v) is 9.24. The van der Waals surface area contributed by atoms with E-state index < -0.39 is 0 Å². The molecule has 6 nitrogen and oxygen atoms in total. The second-order valence-electron chi connectivity index (χ2n) is 6.57. The zero-order chi connectivity index (χ0) is 19.9. The summed E-state index contributed by atoms with van der Waals surface area (Å²) >= 11 is 0. The number of hydrogen-bond acceptors (Lipinski definition) is 3. The van der Waals surface area contributed by atoms with E-state index in [2.05, 4.69) is 10.6 Å². The molecule has 0 spiro atoms. The van der Waals surface area contributed by atoms with Gasteiger partial charge in [0.05, 0.1) is 0 Å². The van der Waals surface area contributed by atoms with Gasteiger partial charge in [-0.25, -0.2) is 0 Å². The largest absolute Gasteiger partial charge is 0.355 e. The van der Waals surface area contributed by atoms with Crippen LogP contribution in [0.2, 0.25) is 0 Å². The minimum atomic E-state index is -0.200. The molecular weight excluding hydrogens is 354 g/mol. The van der Waals surface area contributed by atoms with Crippen LogP contribution in [-0.2, 0) is 16.1 Å². The number of hydrogen-bond donors (Lipinski definition) is 2. The molecule has 2 aromatic carbocycles. The average Bonchev–Trinajstić information content (AvgIpc) is 3.16. The zero-order valence-corrected chi connectivity index (χ0v) is 15.8. The number of anilines is 1. The van der Waals surface area contributed by atoms with Crippen LogP contribution in [0, 0.1) is 0 Å². The topological polar surface area (TPSA) is 78.5 Å². The molecule has 0 saturated carbocycles. The third-order valence-electron chi connectivity index (χ3n) is 4.62. The second-order valence-corrected chi connectivity index (χ2v) is 6.57. The minimum absolute atomic E-state index is 0.140. The summed E-state index contributed by atoms with van der Waals surface area (Å²) in [4.78, 5) is 37.1. The molecular formula is C22H23N3O3. The van der Waals surface area contributed by atoms with Crippen LogP contribution in [0.3, 0.4) is 0 Å². The molecule has 3 amide bonds. The van der Waals surface area contributed by atoms with Crippen molar-refractivity contribution in [2.75, 3.05) is 18.5 Å². The molecule has 1 aliphatic rings. The summed E-state index contributed by atoms with van der Waals surface area (Å²) in [5, 5.41) is 5.38. The molecule has 2 N–H and O–H groups in total. The fourth-order valence-electron chi connectivity index (χ4n) is 3.02. The molecule has 0 atom stereocenters. The molecule has 0 aromatic heterocycles. The lowest BCUT2D eigenvalue weighted by molar-refractivity contribution is -0.117. The van der Waals surface area contributed by atoms with Gasteiger partial charge in [0, 0.05) is 43.9 Å². The average molecular weight is 377 g/mol. The van der Waals surface area contributed by atoms with E-state index in [0.717, 1.165) is 29.8 Å². The SMILES string of the molecule is CNC(=O)c1ccc(CNC(=O)/C=C/c2ccc(N3CCCC3=O)cc2)cc1. The lowest BCUT2D eigenvalue weighted by Gasteiger charge is -2.15. The number of rotatable bonds is 6. The molecule has 1 aliphatic heterocycles. The number of amides is 3. The van der Waals surface area contributed by atoms with E-state index >= 15 is 0 Å². The lowest BCUT2D eigenvalue weighted by Crippen LogP contribution is -2.23. The molecule has 1 fully saturated rings. The summed E-state index contributed by atoms with van der Waals surface area (Å²) in [6.07, 6.45) is 4.72. The molecule has 1 heterocycles. The van der Waals surface area contributed by atoms with Crippen LogP contribution < -0.4 is 15.5 Å². The van der Waals surface area contributed by atoms with Gasteiger partial charge >= 0.3 is 0 Å². The normalized spacial score (nSPS) is 13.8. The number of benzene rings is 2. The van der Waals surface area contributed by atoms with Gasteiger partial charge < -0.3 is 15.5 Å². The van der Waals surface area contributed by atoms with Gasteiger partial charge in [-0.15, -0.1) is 0 Å². The van der Waals surface area contributed by atoms with Crippen LogP contribution in [0.4, 0.5) is 5.69 Å². The van der Waals surface area contributed by atoms with E-state index in [9.17, 15) is 14.4 Å². The van der Waals surface area contributed by atoms with Crippen LogP contribution in [0.25, 0.3) is 6.08 Å². The standard InChI is InChI=1S/C22H23N3O3/c1-23-22(28)18-9-4-17(5-10-18)15-24-20(26)13-8-16-6-11-19(12-7-16)25-14-2-3-21(25)27/h4-13H,2-3,14-15H2,1H3,(H,23,28)(H,24,26)/b13-8+. The lowest BCUT2D eigenvalue weighted by atomic mass is 10.1. The molecule has 0 unspecified atom stereocenters. The first-order chi connectivity index (χ1) is 13.6. The van der Waals surface area contributed by atoms with Gasteiger partial charge in [-0.3, -0.25) is 14.4 Å². The molecule has 2 aromatic rings. The fraction of sp³-hybridized carbons (Fsp3) is 0.227. The van der Waals surface area contributed by atoms with Crippen molar-refractivity contribution < 1.29 is 14.4 Å². The van der Waals surface area contributed by atoms with Crippen LogP contribution in [0.1, 0.15) is 34.3 Å². The summed E-state index contributed by atoms with van der Waals surface area (Å²) in [6.45, 7) is 1.15. The van der Waals surface area contributed by atoms with E-state index in [0.29, 0.717) is 18.5 Å². The summed E-state index contributed by atoms with van der Waals surface area (Å²) in [5.74, 6) is -0.182. The fourth-order valence-corrected chi connectivity index (χ4v) is 3.02. The Bertz CT molecular complexity index is 886. The predicted molar refractivity (Wildman–Crippen MR) is 109 cm³/mol. The molecule has 3 rings (SSSR count). The number of carbonyl (C=O) groups excluding carboxylic acids is 3. The van der Waals surface area contributed by atoms with E-state index in [-0.39, 0.29) is 17.7 Å². The highest BCUT2D eigenvalue weighted by Gasteiger charge is 2.21. The number of nitrogens with one attached hydrogen (secondary N) is 2. The van der Waals surface area contributed by atoms with Crippen LogP contribution >= 0.6 is 0 Å². The monoisotopic (exact) mass is 377 g/mol. The molecule has 1 saturated heterocycles. The molecule has 0 bridgehead atoms. The smallest absolute Gasteiger partial charge is 0.251 e. The van der Waals surface area contributed by atoms with E-state index in [1.54, 1.807) is 30.2 Å². The summed E-state index contributed by atoms with van der Waals surface area (Å²) in [5.41, 5.74) is 3.27. The van der Waals surface area contributed by atoms with E-state index in [4.69, 9.17) is 0 Å². The molecule has 28 heavy (non-hydrogen) atoms. The number of nitrogens with zero attached hydrogens (tertiary/aromatic N) is 1. The highest BCUT2D eigenvalue weighted by atomic mass is 16.2. The van der Waals surface area contributed by atoms with Crippen molar-refractivity contribution in [1.29, 1.82) is 0 Å². The van der Waals surface area contributed by atoms with Crippen LogP contribution in [-0.4, -0.2) is 31.3 Å². The summed E-state index contributed by atoms with van der Waals surface area (Å²) in [6, 6.07) is 14.7. The van der Waals surface area contributed by atoms with Crippen molar-refractivity contribution in [1.82, 2.24) is 10.6 Å². The first-order valence-electron chi connectivity index (χ1n) is 9.24. The van der Waals surface area contributed by atoms with Crippen molar-refractivity contribution in [2.24, 2.45) is 0 Å². The van der Waals surface area contributed by atoms with Gasteiger partial charge in [0.1, 0.15) is 0 Å². The van der Waals surface area contributed by atoms with Gasteiger partial charge in [0.2, 0.25) is 11.8 Å². The van der Waals surface area contributed by atoms with Gasteiger partial charge in [-0.2, -0.15) is 0 Å². The summed E-state index contributed by atoms with van der Waals surface area (Å²) in [7, 11) is 1.59. The van der Waals surface area contributed by atoms with Crippen molar-refractivity contribution in [3.8, 4) is 0 Å². The Labute approximate surface area is 164 Å². The zero-order valence-electron chi connectivity index (χ0n) is 15.8. The van der Waals surface area contributed by atoms with Crippen molar-refractivity contribution >= 4 is 29.5 Å². The van der Waals surface area contributed by atoms with Crippen molar-refractivity contribution in [3.63, 3.8) is 0 Å². The highest BCUT2D eigenvalue weighted by molar-refractivity contribution is 5.96. The minimum Gasteiger partial charge on any atom is -0.355 e. The third-order valence-corrected chi connectivity index (χ3v) is 4.62. The van der Waals surface area contributed by atoms with E-state index in [1.807, 2.05) is 36.4 Å². The molecule has 6 heteroatoms. The summed E-state index contributed by atoms with van der Waals surface area (Å²) < 4.78 is 0. The van der Waals surface area contributed by atoms with Gasteiger partial charge in [-0.05, 0) is 47.9 Å². The molecule has 0 aliphatic carbocycles. The Kier molecular flexibility index (Phi) is 6.22. The van der Waals surface area contributed by atoms with Crippen LogP contribution in [0.5, 0.6) is 0 Å². The first kappa shape index (κ1) is 19.4. The van der Waals surface area contributed by atoms with E-state index in [1.165, 1.54) is 6.08 Å².